The predicted molar refractivity (Wildman–Crippen MR) is 140 cm³/mol. The topological polar surface area (TPSA) is 130 Å². The summed E-state index contributed by atoms with van der Waals surface area (Å²) in [7, 11) is 3.91. The zero-order valence-electron chi connectivity index (χ0n) is 20.3. The summed E-state index contributed by atoms with van der Waals surface area (Å²) >= 11 is 2.55. The van der Waals surface area contributed by atoms with Gasteiger partial charge in [0.25, 0.3) is 0 Å². The molecule has 0 aromatic carbocycles. The van der Waals surface area contributed by atoms with Crippen molar-refractivity contribution in [3.63, 3.8) is 0 Å². The fraction of sp³-hybridized carbons (Fsp3) is 0.231. The van der Waals surface area contributed by atoms with Crippen LogP contribution >= 0.6 is 22.7 Å². The Morgan fingerprint density at radius 2 is 1.38 bits per heavy atom. The fourth-order valence-corrected chi connectivity index (χ4v) is 4.79. The molecular weight excluding hydrogens is 516 g/mol. The Morgan fingerprint density at radius 3 is 1.81 bits per heavy atom. The van der Waals surface area contributed by atoms with Gasteiger partial charge in [0.05, 0.1) is 35.1 Å². The van der Waals surface area contributed by atoms with E-state index in [2.05, 4.69) is 5.32 Å². The highest BCUT2D eigenvalue weighted by Crippen LogP contribution is 2.20. The van der Waals surface area contributed by atoms with E-state index >= 15 is 0 Å². The molecule has 0 fully saturated rings. The Balaban J connectivity index is 0.000000213. The van der Waals surface area contributed by atoms with Gasteiger partial charge in [-0.05, 0) is 72.4 Å². The molecule has 194 valence electrons. The molecule has 0 saturated heterocycles. The molecule has 0 unspecified atom stereocenters. The number of furan rings is 2. The lowest BCUT2D eigenvalue weighted by atomic mass is 10.2. The molecule has 0 atom stereocenters. The van der Waals surface area contributed by atoms with Crippen LogP contribution in [0.4, 0.5) is 0 Å². The highest BCUT2D eigenvalue weighted by molar-refractivity contribution is 7.12. The Kier molecular flexibility index (Phi) is 10.1. The molecule has 0 aliphatic rings. The molecule has 11 heteroatoms. The van der Waals surface area contributed by atoms with Crippen LogP contribution in [0, 0.1) is 0 Å². The van der Waals surface area contributed by atoms with Crippen molar-refractivity contribution in [1.29, 1.82) is 0 Å². The van der Waals surface area contributed by atoms with E-state index in [1.54, 1.807) is 41.8 Å². The third-order valence-electron chi connectivity index (χ3n) is 4.85. The number of thiophene rings is 2. The number of nitrogens with zero attached hydrogens (tertiary/aromatic N) is 1. The van der Waals surface area contributed by atoms with Crippen molar-refractivity contribution in [2.24, 2.45) is 0 Å². The van der Waals surface area contributed by atoms with Crippen LogP contribution in [0.3, 0.4) is 0 Å². The first-order valence-corrected chi connectivity index (χ1v) is 12.9. The van der Waals surface area contributed by atoms with E-state index < -0.39 is 5.97 Å². The molecule has 0 aliphatic heterocycles. The number of rotatable bonds is 11. The van der Waals surface area contributed by atoms with E-state index in [0.29, 0.717) is 27.6 Å². The van der Waals surface area contributed by atoms with Gasteiger partial charge in [0.2, 0.25) is 17.5 Å². The maximum atomic E-state index is 12.1. The minimum absolute atomic E-state index is 0.0355. The van der Waals surface area contributed by atoms with Gasteiger partial charge >= 0.3 is 5.97 Å². The van der Waals surface area contributed by atoms with Gasteiger partial charge in [0.1, 0.15) is 0 Å². The average molecular weight is 543 g/mol. The number of hydrogen-bond donors (Lipinski definition) is 2. The number of carboxylic acid groups (broad SMARTS) is 1. The van der Waals surface area contributed by atoms with Gasteiger partial charge in [-0.3, -0.25) is 19.2 Å². The van der Waals surface area contributed by atoms with Crippen molar-refractivity contribution < 1.29 is 33.1 Å². The second-order valence-corrected chi connectivity index (χ2v) is 9.97. The summed E-state index contributed by atoms with van der Waals surface area (Å²) in [6.07, 6.45) is 3.12. The number of hydrogen-bond acceptors (Lipinski definition) is 9. The van der Waals surface area contributed by atoms with Crippen molar-refractivity contribution >= 4 is 46.1 Å². The Morgan fingerprint density at radius 1 is 0.865 bits per heavy atom. The van der Waals surface area contributed by atoms with Crippen molar-refractivity contribution in [3.05, 3.63) is 92.1 Å². The standard InChI is InChI=1S/C15H18N2O3S.C11H8O4S/c1-17(2)6-5-16-14(18)9-11-8-13(21-10-11)15(19)12-4-3-7-20-12;12-10(13)5-7-4-9(16-6-7)11(14)8-2-1-3-15-8/h3-4,7-8,10H,5-6,9H2,1-2H3,(H,16,18);1-4,6H,5H2,(H,12,13). The van der Waals surface area contributed by atoms with Crippen LogP contribution in [-0.4, -0.2) is 60.6 Å². The summed E-state index contributed by atoms with van der Waals surface area (Å²) in [5.74, 6) is -0.722. The van der Waals surface area contributed by atoms with Crippen LogP contribution in [0.25, 0.3) is 0 Å². The Hall–Kier alpha value is -3.80. The van der Waals surface area contributed by atoms with E-state index in [4.69, 9.17) is 13.9 Å². The second kappa shape index (κ2) is 13.5. The highest BCUT2D eigenvalue weighted by atomic mass is 32.1. The van der Waals surface area contributed by atoms with Crippen molar-refractivity contribution in [1.82, 2.24) is 10.2 Å². The average Bonchev–Trinajstić information content (AvgIpc) is 3.66. The molecule has 1 amide bonds. The van der Waals surface area contributed by atoms with Gasteiger partial charge in [-0.2, -0.15) is 0 Å². The summed E-state index contributed by atoms with van der Waals surface area (Å²) in [5.41, 5.74) is 1.48. The molecule has 0 bridgehead atoms. The van der Waals surface area contributed by atoms with Gasteiger partial charge in [-0.1, -0.05) is 0 Å². The number of aliphatic carboxylic acids is 1. The largest absolute Gasteiger partial charge is 0.481 e. The minimum Gasteiger partial charge on any atom is -0.481 e. The van der Waals surface area contributed by atoms with Crippen LogP contribution in [0.15, 0.2) is 68.5 Å². The maximum absolute atomic E-state index is 12.1. The maximum Gasteiger partial charge on any atom is 0.307 e. The number of carbonyl (C=O) groups excluding carboxylic acids is 3. The first kappa shape index (κ1) is 27.8. The quantitative estimate of drug-likeness (QED) is 0.272. The number of likely N-dealkylation sites (N-methyl/N-ethyl adjacent to an activating group) is 1. The number of amides is 1. The first-order valence-electron chi connectivity index (χ1n) is 11.2. The monoisotopic (exact) mass is 542 g/mol. The van der Waals surface area contributed by atoms with E-state index in [1.807, 2.05) is 24.4 Å². The van der Waals surface area contributed by atoms with Gasteiger partial charge in [-0.25, -0.2) is 0 Å². The van der Waals surface area contributed by atoms with Gasteiger partial charge in [0, 0.05) is 13.1 Å². The number of nitrogens with one attached hydrogen (secondary N) is 1. The number of carbonyl (C=O) groups is 4. The third kappa shape index (κ3) is 8.67. The van der Waals surface area contributed by atoms with Crippen LogP contribution in [0.5, 0.6) is 0 Å². The van der Waals surface area contributed by atoms with E-state index in [1.165, 1.54) is 35.2 Å². The lowest BCUT2D eigenvalue weighted by molar-refractivity contribution is -0.136. The smallest absolute Gasteiger partial charge is 0.307 e. The first-order chi connectivity index (χ1) is 17.7. The molecule has 37 heavy (non-hydrogen) atoms. The predicted octanol–water partition coefficient (Wildman–Crippen LogP) is 3.99. The van der Waals surface area contributed by atoms with Crippen molar-refractivity contribution in [3.8, 4) is 0 Å². The van der Waals surface area contributed by atoms with E-state index in [0.717, 1.165) is 12.1 Å². The molecule has 9 nitrogen and oxygen atoms in total. The summed E-state index contributed by atoms with van der Waals surface area (Å²) in [6, 6.07) is 9.87. The molecule has 0 spiro atoms. The van der Waals surface area contributed by atoms with Crippen LogP contribution in [-0.2, 0) is 22.4 Å². The fourth-order valence-electron chi connectivity index (χ4n) is 3.07. The molecular formula is C26H26N2O7S2. The molecule has 0 aliphatic carbocycles. The lowest BCUT2D eigenvalue weighted by Gasteiger charge is -2.09. The normalized spacial score (nSPS) is 10.6. The molecule has 2 N–H and O–H groups in total. The zero-order valence-corrected chi connectivity index (χ0v) is 21.9. The molecule has 4 aromatic heterocycles. The number of ketones is 2. The van der Waals surface area contributed by atoms with Crippen LogP contribution < -0.4 is 5.32 Å². The van der Waals surface area contributed by atoms with Gasteiger partial charge in [0.15, 0.2) is 11.5 Å². The second-order valence-electron chi connectivity index (χ2n) is 8.15. The van der Waals surface area contributed by atoms with Crippen molar-refractivity contribution in [2.45, 2.75) is 12.8 Å². The summed E-state index contributed by atoms with van der Waals surface area (Å²) in [6.45, 7) is 1.42. The van der Waals surface area contributed by atoms with Crippen LogP contribution in [0.2, 0.25) is 0 Å². The molecule has 4 aromatic rings. The third-order valence-corrected chi connectivity index (χ3v) is 6.80. The summed E-state index contributed by atoms with van der Waals surface area (Å²) in [5, 5.41) is 15.0. The molecule has 4 rings (SSSR count). The summed E-state index contributed by atoms with van der Waals surface area (Å²) in [4.78, 5) is 49.2. The summed E-state index contributed by atoms with van der Waals surface area (Å²) < 4.78 is 10.1. The highest BCUT2D eigenvalue weighted by Gasteiger charge is 2.16. The molecule has 0 saturated carbocycles. The van der Waals surface area contributed by atoms with Crippen LogP contribution in [0.1, 0.15) is 42.0 Å². The number of carboxylic acids is 1. The van der Waals surface area contributed by atoms with Gasteiger partial charge < -0.3 is 24.2 Å². The van der Waals surface area contributed by atoms with Gasteiger partial charge in [-0.15, -0.1) is 22.7 Å². The zero-order chi connectivity index (χ0) is 26.8. The lowest BCUT2D eigenvalue weighted by Crippen LogP contribution is -2.32. The molecule has 4 heterocycles. The van der Waals surface area contributed by atoms with Crippen molar-refractivity contribution in [2.75, 3.05) is 27.2 Å². The Bertz CT molecular complexity index is 1320. The van der Waals surface area contributed by atoms with E-state index in [9.17, 15) is 19.2 Å². The minimum atomic E-state index is -0.908. The molecule has 0 radical (unpaired) electrons. The Labute approximate surface area is 221 Å². The SMILES string of the molecule is CN(C)CCNC(=O)Cc1csc(C(=O)c2ccco2)c1.O=C(O)Cc1csc(C(=O)c2ccco2)c1. The van der Waals surface area contributed by atoms with E-state index in [-0.39, 0.29) is 36.1 Å².